The number of ether oxygens (including phenoxy) is 1. The largest absolute Gasteiger partial charge is 0.487 e. The van der Waals surface area contributed by atoms with Crippen LogP contribution < -0.4 is 4.74 Å². The molecule has 0 spiro atoms. The van der Waals surface area contributed by atoms with Crippen molar-refractivity contribution in [3.8, 4) is 5.75 Å². The Morgan fingerprint density at radius 1 is 1.25 bits per heavy atom. The number of carbonyl (C=O) groups is 1. The van der Waals surface area contributed by atoms with E-state index in [9.17, 15) is 13.2 Å². The van der Waals surface area contributed by atoms with Gasteiger partial charge in [0, 0.05) is 31.0 Å². The Labute approximate surface area is 163 Å². The molecular formula is C20H21N3O4S. The molecule has 1 unspecified atom stereocenters. The topological polar surface area (TPSA) is 81.0 Å². The lowest BCUT2D eigenvalue weighted by Gasteiger charge is -2.31. The highest BCUT2D eigenvalue weighted by Gasteiger charge is 2.32. The number of pyridine rings is 1. The van der Waals surface area contributed by atoms with Gasteiger partial charge < -0.3 is 14.0 Å². The summed E-state index contributed by atoms with van der Waals surface area (Å²) in [5.41, 5.74) is 2.12. The third-order valence-corrected chi connectivity index (χ3v) is 7.03. The lowest BCUT2D eigenvalue weighted by atomic mass is 10.2. The van der Waals surface area contributed by atoms with Crippen LogP contribution in [0.1, 0.15) is 23.0 Å². The Morgan fingerprint density at radius 3 is 2.89 bits per heavy atom. The first-order valence-corrected chi connectivity index (χ1v) is 10.8. The fourth-order valence-corrected chi connectivity index (χ4v) is 4.54. The van der Waals surface area contributed by atoms with E-state index in [1.807, 2.05) is 35.0 Å². The quantitative estimate of drug-likeness (QED) is 0.672. The van der Waals surface area contributed by atoms with E-state index in [1.165, 1.54) is 0 Å². The SMILES string of the molecule is CC1CN(C(=O)c2cccc(OCc3cn4ccccc4n3)c2)CCS1(=O)=O. The number of nitrogens with zero attached hydrogens (tertiary/aromatic N) is 3. The molecule has 1 aliphatic rings. The van der Waals surface area contributed by atoms with Gasteiger partial charge in [-0.1, -0.05) is 12.1 Å². The molecule has 1 atom stereocenters. The van der Waals surface area contributed by atoms with E-state index < -0.39 is 15.1 Å². The monoisotopic (exact) mass is 399 g/mol. The molecule has 0 radical (unpaired) electrons. The maximum atomic E-state index is 12.8. The second-order valence-electron chi connectivity index (χ2n) is 6.94. The van der Waals surface area contributed by atoms with E-state index in [0.29, 0.717) is 11.3 Å². The van der Waals surface area contributed by atoms with Crippen LogP contribution in [0.2, 0.25) is 0 Å². The van der Waals surface area contributed by atoms with Crippen LogP contribution >= 0.6 is 0 Å². The Bertz CT molecular complexity index is 1090. The van der Waals surface area contributed by atoms with Gasteiger partial charge in [0.1, 0.15) is 18.0 Å². The minimum absolute atomic E-state index is 0.00395. The van der Waals surface area contributed by atoms with Crippen molar-refractivity contribution in [3.05, 3.63) is 66.1 Å². The number of hydrogen-bond donors (Lipinski definition) is 0. The van der Waals surface area contributed by atoms with Crippen LogP contribution in [0.25, 0.3) is 5.65 Å². The molecular weight excluding hydrogens is 378 g/mol. The molecule has 7 nitrogen and oxygen atoms in total. The number of imidazole rings is 1. The van der Waals surface area contributed by atoms with Gasteiger partial charge in [0.05, 0.1) is 16.7 Å². The number of rotatable bonds is 4. The summed E-state index contributed by atoms with van der Waals surface area (Å²) in [5.74, 6) is 0.393. The van der Waals surface area contributed by atoms with Gasteiger partial charge in [0.2, 0.25) is 0 Å². The summed E-state index contributed by atoms with van der Waals surface area (Å²) in [6.07, 6.45) is 3.82. The van der Waals surface area contributed by atoms with E-state index >= 15 is 0 Å². The summed E-state index contributed by atoms with van der Waals surface area (Å²) in [4.78, 5) is 18.8. The van der Waals surface area contributed by atoms with E-state index in [4.69, 9.17) is 4.74 Å². The molecule has 1 saturated heterocycles. The van der Waals surface area contributed by atoms with Gasteiger partial charge >= 0.3 is 0 Å². The van der Waals surface area contributed by atoms with Gasteiger partial charge in [-0.15, -0.1) is 0 Å². The van der Waals surface area contributed by atoms with Gasteiger partial charge in [-0.2, -0.15) is 0 Å². The van der Waals surface area contributed by atoms with E-state index in [2.05, 4.69) is 4.98 Å². The molecule has 3 heterocycles. The smallest absolute Gasteiger partial charge is 0.254 e. The first-order valence-electron chi connectivity index (χ1n) is 9.09. The average Bonchev–Trinajstić information content (AvgIpc) is 3.11. The molecule has 0 bridgehead atoms. The molecule has 4 rings (SSSR count). The molecule has 1 aromatic carbocycles. The van der Waals surface area contributed by atoms with Gasteiger partial charge in [0.15, 0.2) is 9.84 Å². The summed E-state index contributed by atoms with van der Waals surface area (Å²) in [6.45, 7) is 2.37. The molecule has 0 N–H and O–H groups in total. The normalized spacial score (nSPS) is 18.9. The Morgan fingerprint density at radius 2 is 2.11 bits per heavy atom. The average molecular weight is 399 g/mol. The second-order valence-corrected chi connectivity index (χ2v) is 9.48. The van der Waals surface area contributed by atoms with Crippen LogP contribution in [0.15, 0.2) is 54.9 Å². The van der Waals surface area contributed by atoms with Crippen LogP contribution in [0, 0.1) is 0 Å². The van der Waals surface area contributed by atoms with Crippen LogP contribution in [0.4, 0.5) is 0 Å². The number of benzene rings is 1. The third kappa shape index (κ3) is 3.73. The molecule has 0 aliphatic carbocycles. The van der Waals surface area contributed by atoms with Crippen LogP contribution in [0.3, 0.4) is 0 Å². The van der Waals surface area contributed by atoms with Crippen molar-refractivity contribution in [2.75, 3.05) is 18.8 Å². The maximum Gasteiger partial charge on any atom is 0.254 e. The van der Waals surface area contributed by atoms with Crippen molar-refractivity contribution in [2.24, 2.45) is 0 Å². The molecule has 0 saturated carbocycles. The number of hydrogen-bond acceptors (Lipinski definition) is 5. The van der Waals surface area contributed by atoms with E-state index in [1.54, 1.807) is 36.1 Å². The number of fused-ring (bicyclic) bond motifs is 1. The van der Waals surface area contributed by atoms with Crippen LogP contribution in [-0.2, 0) is 16.4 Å². The lowest BCUT2D eigenvalue weighted by molar-refractivity contribution is 0.0759. The van der Waals surface area contributed by atoms with Gasteiger partial charge in [-0.25, -0.2) is 13.4 Å². The first kappa shape index (κ1) is 18.5. The van der Waals surface area contributed by atoms with Crippen molar-refractivity contribution in [1.82, 2.24) is 14.3 Å². The number of aromatic nitrogens is 2. The predicted molar refractivity (Wildman–Crippen MR) is 105 cm³/mol. The highest BCUT2D eigenvalue weighted by molar-refractivity contribution is 7.92. The standard InChI is InChI=1S/C20H21N3O4S/c1-15-12-23(9-10-28(15,25)26)20(24)16-5-4-6-18(11-16)27-14-17-13-22-8-3-2-7-19(22)21-17/h2-8,11,13,15H,9-10,12,14H2,1H3. The van der Waals surface area contributed by atoms with Crippen molar-refractivity contribution < 1.29 is 17.9 Å². The summed E-state index contributed by atoms with van der Waals surface area (Å²) >= 11 is 0. The van der Waals surface area contributed by atoms with E-state index in [-0.39, 0.29) is 31.4 Å². The molecule has 1 amide bonds. The molecule has 3 aromatic rings. The Kier molecular flexibility index (Phi) is 4.80. The molecule has 146 valence electrons. The molecule has 8 heteroatoms. The maximum absolute atomic E-state index is 12.8. The van der Waals surface area contributed by atoms with Gasteiger partial charge in [-0.3, -0.25) is 4.79 Å². The predicted octanol–water partition coefficient (Wildman–Crippen LogP) is 2.17. The number of amides is 1. The fourth-order valence-electron chi connectivity index (χ4n) is 3.25. The number of sulfone groups is 1. The summed E-state index contributed by atoms with van der Waals surface area (Å²) in [6, 6.07) is 12.7. The zero-order chi connectivity index (χ0) is 19.7. The highest BCUT2D eigenvalue weighted by Crippen LogP contribution is 2.19. The van der Waals surface area contributed by atoms with Crippen LogP contribution in [-0.4, -0.2) is 52.7 Å². The molecule has 28 heavy (non-hydrogen) atoms. The summed E-state index contributed by atoms with van der Waals surface area (Å²) in [7, 11) is -3.10. The zero-order valence-electron chi connectivity index (χ0n) is 15.5. The minimum atomic E-state index is -3.10. The Hall–Kier alpha value is -2.87. The minimum Gasteiger partial charge on any atom is -0.487 e. The van der Waals surface area contributed by atoms with Crippen LogP contribution in [0.5, 0.6) is 5.75 Å². The summed E-state index contributed by atoms with van der Waals surface area (Å²) < 4.78 is 31.5. The van der Waals surface area contributed by atoms with Crippen molar-refractivity contribution >= 4 is 21.4 Å². The van der Waals surface area contributed by atoms with Crippen molar-refractivity contribution in [1.29, 1.82) is 0 Å². The van der Waals surface area contributed by atoms with E-state index in [0.717, 1.165) is 11.3 Å². The summed E-state index contributed by atoms with van der Waals surface area (Å²) in [5, 5.41) is -0.542. The van der Waals surface area contributed by atoms with Gasteiger partial charge in [-0.05, 0) is 37.3 Å². The highest BCUT2D eigenvalue weighted by atomic mass is 32.2. The van der Waals surface area contributed by atoms with Crippen molar-refractivity contribution in [2.45, 2.75) is 18.8 Å². The first-order chi connectivity index (χ1) is 13.4. The van der Waals surface area contributed by atoms with Crippen molar-refractivity contribution in [3.63, 3.8) is 0 Å². The lowest BCUT2D eigenvalue weighted by Crippen LogP contribution is -2.48. The molecule has 1 aliphatic heterocycles. The number of carbonyl (C=O) groups excluding carboxylic acids is 1. The molecule has 2 aromatic heterocycles. The Balaban J connectivity index is 1.44. The van der Waals surface area contributed by atoms with Gasteiger partial charge in [0.25, 0.3) is 5.91 Å². The fraction of sp³-hybridized carbons (Fsp3) is 0.300. The molecule has 1 fully saturated rings. The third-order valence-electron chi connectivity index (χ3n) is 4.91. The second kappa shape index (κ2) is 7.27. The zero-order valence-corrected chi connectivity index (χ0v) is 16.3.